The normalized spacial score (nSPS) is 12.2. The Labute approximate surface area is 134 Å². The number of nitrogens with two attached hydrogens (primary N) is 1. The SMILES string of the molecule is CC(C)COC(=O)C(C)Oc1cccc(-c2csc(N)n2)c1. The van der Waals surface area contributed by atoms with Gasteiger partial charge in [-0.05, 0) is 25.0 Å². The van der Waals surface area contributed by atoms with E-state index in [1.807, 2.05) is 37.4 Å². The number of ether oxygens (including phenoxy) is 2. The topological polar surface area (TPSA) is 74.4 Å². The highest BCUT2D eigenvalue weighted by atomic mass is 32.1. The average molecular weight is 320 g/mol. The van der Waals surface area contributed by atoms with Crippen LogP contribution in [0, 0.1) is 5.92 Å². The first-order chi connectivity index (χ1) is 10.5. The van der Waals surface area contributed by atoms with Crippen molar-refractivity contribution in [1.29, 1.82) is 0 Å². The number of hydrogen-bond acceptors (Lipinski definition) is 6. The molecule has 2 N–H and O–H groups in total. The van der Waals surface area contributed by atoms with Crippen LogP contribution < -0.4 is 10.5 Å². The Morgan fingerprint density at radius 3 is 2.77 bits per heavy atom. The van der Waals surface area contributed by atoms with Gasteiger partial charge in [-0.15, -0.1) is 11.3 Å². The van der Waals surface area contributed by atoms with E-state index in [0.29, 0.717) is 23.4 Å². The standard InChI is InChI=1S/C16H20N2O3S/c1-10(2)8-20-15(19)11(3)21-13-6-4-5-12(7-13)14-9-22-16(17)18-14/h4-7,9-11H,8H2,1-3H3,(H2,17,18). The maximum absolute atomic E-state index is 11.8. The summed E-state index contributed by atoms with van der Waals surface area (Å²) in [4.78, 5) is 16.1. The number of carbonyl (C=O) groups excluding carboxylic acids is 1. The zero-order valence-electron chi connectivity index (χ0n) is 12.9. The summed E-state index contributed by atoms with van der Waals surface area (Å²) in [5, 5.41) is 2.40. The molecular weight excluding hydrogens is 300 g/mol. The summed E-state index contributed by atoms with van der Waals surface area (Å²) in [6.07, 6.45) is -0.658. The molecule has 0 amide bonds. The summed E-state index contributed by atoms with van der Waals surface area (Å²) in [7, 11) is 0. The van der Waals surface area contributed by atoms with E-state index in [1.54, 1.807) is 13.0 Å². The minimum atomic E-state index is -0.658. The van der Waals surface area contributed by atoms with Crippen LogP contribution in [0.5, 0.6) is 5.75 Å². The fourth-order valence-corrected chi connectivity index (χ4v) is 2.34. The van der Waals surface area contributed by atoms with Gasteiger partial charge in [0.05, 0.1) is 12.3 Å². The molecule has 0 bridgehead atoms. The van der Waals surface area contributed by atoms with Crippen molar-refractivity contribution in [1.82, 2.24) is 4.98 Å². The monoisotopic (exact) mass is 320 g/mol. The Balaban J connectivity index is 2.02. The largest absolute Gasteiger partial charge is 0.479 e. The van der Waals surface area contributed by atoms with Crippen LogP contribution in [0.15, 0.2) is 29.6 Å². The van der Waals surface area contributed by atoms with E-state index in [-0.39, 0.29) is 5.97 Å². The Bertz CT molecular complexity index is 640. The molecule has 22 heavy (non-hydrogen) atoms. The van der Waals surface area contributed by atoms with Gasteiger partial charge in [0, 0.05) is 10.9 Å². The highest BCUT2D eigenvalue weighted by molar-refractivity contribution is 7.13. The summed E-state index contributed by atoms with van der Waals surface area (Å²) in [5.41, 5.74) is 7.34. The Hall–Kier alpha value is -2.08. The van der Waals surface area contributed by atoms with Crippen molar-refractivity contribution < 1.29 is 14.3 Å². The molecule has 0 aliphatic heterocycles. The zero-order chi connectivity index (χ0) is 16.1. The first kappa shape index (κ1) is 16.3. The summed E-state index contributed by atoms with van der Waals surface area (Å²) >= 11 is 1.38. The van der Waals surface area contributed by atoms with Crippen LogP contribution in [0.1, 0.15) is 20.8 Å². The van der Waals surface area contributed by atoms with E-state index < -0.39 is 6.10 Å². The second kappa shape index (κ2) is 7.26. The van der Waals surface area contributed by atoms with E-state index in [9.17, 15) is 4.79 Å². The van der Waals surface area contributed by atoms with Crippen molar-refractivity contribution in [3.05, 3.63) is 29.6 Å². The van der Waals surface area contributed by atoms with Crippen molar-refractivity contribution in [2.45, 2.75) is 26.9 Å². The van der Waals surface area contributed by atoms with E-state index in [0.717, 1.165) is 11.3 Å². The van der Waals surface area contributed by atoms with Gasteiger partial charge in [-0.25, -0.2) is 9.78 Å². The lowest BCUT2D eigenvalue weighted by molar-refractivity contribution is -0.152. The molecule has 2 aromatic rings. The third kappa shape index (κ3) is 4.46. The highest BCUT2D eigenvalue weighted by Gasteiger charge is 2.17. The van der Waals surface area contributed by atoms with Crippen LogP contribution in [-0.2, 0) is 9.53 Å². The molecule has 5 nitrogen and oxygen atoms in total. The number of esters is 1. The van der Waals surface area contributed by atoms with E-state index in [4.69, 9.17) is 15.2 Å². The molecule has 6 heteroatoms. The second-order valence-electron chi connectivity index (χ2n) is 5.38. The molecule has 0 aliphatic rings. The molecule has 1 aromatic carbocycles. The van der Waals surface area contributed by atoms with Gasteiger partial charge in [0.15, 0.2) is 11.2 Å². The van der Waals surface area contributed by atoms with Crippen molar-refractivity contribution in [2.24, 2.45) is 5.92 Å². The van der Waals surface area contributed by atoms with E-state index in [1.165, 1.54) is 11.3 Å². The number of benzene rings is 1. The maximum Gasteiger partial charge on any atom is 0.347 e. The molecule has 1 heterocycles. The third-order valence-electron chi connectivity index (χ3n) is 2.86. The number of carbonyl (C=O) groups is 1. The molecule has 1 aromatic heterocycles. The van der Waals surface area contributed by atoms with Gasteiger partial charge in [-0.1, -0.05) is 26.0 Å². The predicted octanol–water partition coefficient (Wildman–Crippen LogP) is 3.36. The summed E-state index contributed by atoms with van der Waals surface area (Å²) in [6.45, 7) is 6.05. The lowest BCUT2D eigenvalue weighted by Gasteiger charge is -2.15. The van der Waals surface area contributed by atoms with Crippen LogP contribution in [0.25, 0.3) is 11.3 Å². The zero-order valence-corrected chi connectivity index (χ0v) is 13.7. The average Bonchev–Trinajstić information content (AvgIpc) is 2.91. The first-order valence-electron chi connectivity index (χ1n) is 7.10. The van der Waals surface area contributed by atoms with Crippen molar-refractivity contribution in [3.8, 4) is 17.0 Å². The minimum absolute atomic E-state index is 0.301. The molecule has 0 spiro atoms. The Morgan fingerprint density at radius 1 is 1.36 bits per heavy atom. The van der Waals surface area contributed by atoms with Crippen LogP contribution in [-0.4, -0.2) is 23.7 Å². The van der Waals surface area contributed by atoms with Crippen molar-refractivity contribution in [2.75, 3.05) is 12.3 Å². The van der Waals surface area contributed by atoms with Gasteiger partial charge in [-0.2, -0.15) is 0 Å². The molecule has 2 rings (SSSR count). The first-order valence-corrected chi connectivity index (χ1v) is 7.98. The molecular formula is C16H20N2O3S. The second-order valence-corrected chi connectivity index (χ2v) is 6.27. The molecule has 118 valence electrons. The quantitative estimate of drug-likeness (QED) is 0.826. The smallest absolute Gasteiger partial charge is 0.347 e. The van der Waals surface area contributed by atoms with Gasteiger partial charge < -0.3 is 15.2 Å². The molecule has 0 fully saturated rings. The summed E-state index contributed by atoms with van der Waals surface area (Å²) < 4.78 is 10.8. The highest BCUT2D eigenvalue weighted by Crippen LogP contribution is 2.26. The molecule has 0 saturated carbocycles. The van der Waals surface area contributed by atoms with Crippen molar-refractivity contribution >= 4 is 22.4 Å². The number of nitrogen functional groups attached to an aromatic ring is 1. The van der Waals surface area contributed by atoms with Gasteiger partial charge >= 0.3 is 5.97 Å². The molecule has 1 atom stereocenters. The van der Waals surface area contributed by atoms with Gasteiger partial charge in [-0.3, -0.25) is 0 Å². The fourth-order valence-electron chi connectivity index (χ4n) is 1.77. The molecule has 0 radical (unpaired) electrons. The number of thiazole rings is 1. The number of rotatable bonds is 6. The van der Waals surface area contributed by atoms with E-state index in [2.05, 4.69) is 4.98 Å². The van der Waals surface area contributed by atoms with Gasteiger partial charge in [0.25, 0.3) is 0 Å². The number of hydrogen-bond donors (Lipinski definition) is 1. The number of anilines is 1. The Kier molecular flexibility index (Phi) is 5.38. The van der Waals surface area contributed by atoms with E-state index >= 15 is 0 Å². The van der Waals surface area contributed by atoms with Crippen LogP contribution >= 0.6 is 11.3 Å². The molecule has 1 unspecified atom stereocenters. The molecule has 0 saturated heterocycles. The van der Waals surface area contributed by atoms with Crippen LogP contribution in [0.2, 0.25) is 0 Å². The lowest BCUT2D eigenvalue weighted by Crippen LogP contribution is -2.27. The summed E-state index contributed by atoms with van der Waals surface area (Å²) in [5.74, 6) is 0.532. The van der Waals surface area contributed by atoms with Gasteiger partial charge in [0.2, 0.25) is 0 Å². The molecule has 0 aliphatic carbocycles. The number of aromatic nitrogens is 1. The minimum Gasteiger partial charge on any atom is -0.479 e. The Morgan fingerprint density at radius 2 is 2.14 bits per heavy atom. The van der Waals surface area contributed by atoms with Gasteiger partial charge in [0.1, 0.15) is 5.75 Å². The fraction of sp³-hybridized carbons (Fsp3) is 0.375. The third-order valence-corrected chi connectivity index (χ3v) is 3.53. The summed E-state index contributed by atoms with van der Waals surface area (Å²) in [6, 6.07) is 7.40. The number of nitrogens with zero attached hydrogens (tertiary/aromatic N) is 1. The van der Waals surface area contributed by atoms with Crippen LogP contribution in [0.3, 0.4) is 0 Å². The van der Waals surface area contributed by atoms with Crippen LogP contribution in [0.4, 0.5) is 5.13 Å². The van der Waals surface area contributed by atoms with Crippen molar-refractivity contribution in [3.63, 3.8) is 0 Å². The lowest BCUT2D eigenvalue weighted by atomic mass is 10.1. The maximum atomic E-state index is 11.8. The predicted molar refractivity (Wildman–Crippen MR) is 87.8 cm³/mol.